The molecule has 4 rings (SSSR count). The first-order chi connectivity index (χ1) is 12.0. The van der Waals surface area contributed by atoms with Crippen molar-refractivity contribution in [2.24, 2.45) is 11.8 Å². The summed E-state index contributed by atoms with van der Waals surface area (Å²) in [5.74, 6) is 1.45. The highest BCUT2D eigenvalue weighted by molar-refractivity contribution is 5.82. The van der Waals surface area contributed by atoms with Gasteiger partial charge in [0.25, 0.3) is 0 Å². The number of benzene rings is 1. The number of nitrogens with one attached hydrogen (secondary N) is 1. The van der Waals surface area contributed by atoms with E-state index >= 15 is 0 Å². The number of rotatable bonds is 3. The Kier molecular flexibility index (Phi) is 4.09. The van der Waals surface area contributed by atoms with Crippen molar-refractivity contribution < 1.29 is 9.59 Å². The van der Waals surface area contributed by atoms with Crippen LogP contribution in [0.3, 0.4) is 0 Å². The van der Waals surface area contributed by atoms with Gasteiger partial charge in [0.15, 0.2) is 0 Å². The highest BCUT2D eigenvalue weighted by atomic mass is 16.2. The quantitative estimate of drug-likeness (QED) is 0.920. The van der Waals surface area contributed by atoms with Crippen molar-refractivity contribution >= 4 is 11.8 Å². The van der Waals surface area contributed by atoms with Crippen LogP contribution < -0.4 is 5.32 Å². The molecule has 4 nitrogen and oxygen atoms in total. The van der Waals surface area contributed by atoms with E-state index in [1.807, 2.05) is 0 Å². The van der Waals surface area contributed by atoms with Crippen LogP contribution in [0.25, 0.3) is 0 Å². The number of likely N-dealkylation sites (tertiary alicyclic amines) is 1. The Bertz CT molecular complexity index is 682. The lowest BCUT2D eigenvalue weighted by Crippen LogP contribution is -2.41. The molecule has 1 saturated carbocycles. The average Bonchev–Trinajstić information content (AvgIpc) is 3.25. The van der Waals surface area contributed by atoms with Crippen LogP contribution in [-0.4, -0.2) is 36.3 Å². The van der Waals surface area contributed by atoms with E-state index in [4.69, 9.17) is 0 Å². The van der Waals surface area contributed by atoms with Crippen molar-refractivity contribution in [3.8, 4) is 0 Å². The molecule has 2 saturated heterocycles. The lowest BCUT2D eigenvalue weighted by molar-refractivity contribution is -0.135. The van der Waals surface area contributed by atoms with Gasteiger partial charge in [-0.3, -0.25) is 9.59 Å². The molecule has 0 spiro atoms. The molecule has 1 aliphatic carbocycles. The van der Waals surface area contributed by atoms with Gasteiger partial charge in [0.05, 0.1) is 5.92 Å². The minimum absolute atomic E-state index is 0.0377. The zero-order valence-corrected chi connectivity index (χ0v) is 15.3. The molecule has 3 fully saturated rings. The fourth-order valence-electron chi connectivity index (χ4n) is 4.70. The lowest BCUT2D eigenvalue weighted by atomic mass is 9.92. The van der Waals surface area contributed by atoms with E-state index in [0.717, 1.165) is 25.9 Å². The molecule has 2 amide bonds. The fraction of sp³-hybridized carbons (Fsp3) is 0.619. The average molecular weight is 340 g/mol. The first-order valence-electron chi connectivity index (χ1n) is 9.65. The second-order valence-corrected chi connectivity index (χ2v) is 8.45. The maximum absolute atomic E-state index is 12.9. The van der Waals surface area contributed by atoms with Gasteiger partial charge in [0, 0.05) is 31.5 Å². The Morgan fingerprint density at radius 1 is 1.28 bits per heavy atom. The molecule has 25 heavy (non-hydrogen) atoms. The van der Waals surface area contributed by atoms with Crippen LogP contribution in [0, 0.1) is 11.8 Å². The lowest BCUT2D eigenvalue weighted by Gasteiger charge is -2.25. The molecule has 1 aromatic rings. The predicted molar refractivity (Wildman–Crippen MR) is 97.2 cm³/mol. The van der Waals surface area contributed by atoms with E-state index in [9.17, 15) is 9.59 Å². The molecule has 0 radical (unpaired) electrons. The van der Waals surface area contributed by atoms with Gasteiger partial charge in [-0.05, 0) is 42.2 Å². The van der Waals surface area contributed by atoms with E-state index in [0.29, 0.717) is 24.8 Å². The van der Waals surface area contributed by atoms with Crippen LogP contribution in [0.5, 0.6) is 0 Å². The molecule has 1 aromatic carbocycles. The Hall–Kier alpha value is -1.84. The molecule has 3 aliphatic rings. The zero-order chi connectivity index (χ0) is 17.6. The van der Waals surface area contributed by atoms with Crippen LogP contribution in [-0.2, 0) is 15.0 Å². The zero-order valence-electron chi connectivity index (χ0n) is 15.3. The summed E-state index contributed by atoms with van der Waals surface area (Å²) < 4.78 is 0. The van der Waals surface area contributed by atoms with Gasteiger partial charge in [-0.15, -0.1) is 0 Å². The topological polar surface area (TPSA) is 49.4 Å². The van der Waals surface area contributed by atoms with Crippen LogP contribution in [0.1, 0.15) is 56.6 Å². The Morgan fingerprint density at radius 3 is 2.76 bits per heavy atom. The summed E-state index contributed by atoms with van der Waals surface area (Å²) in [7, 11) is 0. The number of hydrogen-bond donors (Lipinski definition) is 1. The summed E-state index contributed by atoms with van der Waals surface area (Å²) >= 11 is 0. The summed E-state index contributed by atoms with van der Waals surface area (Å²) in [5.41, 5.74) is 2.96. The summed E-state index contributed by atoms with van der Waals surface area (Å²) in [6, 6.07) is 9.04. The van der Waals surface area contributed by atoms with Crippen molar-refractivity contribution in [2.75, 3.05) is 19.6 Å². The smallest absolute Gasteiger partial charge is 0.227 e. The number of fused-ring (bicyclic) bond motifs is 1. The normalized spacial score (nSPS) is 31.5. The van der Waals surface area contributed by atoms with Crippen molar-refractivity contribution in [2.45, 2.75) is 50.9 Å². The summed E-state index contributed by atoms with van der Waals surface area (Å²) in [5, 5.41) is 2.89. The highest BCUT2D eigenvalue weighted by Crippen LogP contribution is 2.59. The minimum atomic E-state index is -0.0377. The number of amides is 2. The Balaban J connectivity index is 1.44. The van der Waals surface area contributed by atoms with Gasteiger partial charge < -0.3 is 10.2 Å². The first-order valence-corrected chi connectivity index (χ1v) is 9.65. The molecular weight excluding hydrogens is 312 g/mol. The third kappa shape index (κ3) is 2.96. The summed E-state index contributed by atoms with van der Waals surface area (Å²) in [4.78, 5) is 26.5. The van der Waals surface area contributed by atoms with E-state index < -0.39 is 0 Å². The second kappa shape index (κ2) is 6.15. The molecule has 4 heteroatoms. The number of carbonyl (C=O) groups excluding carboxylic acids is 2. The third-order valence-electron chi connectivity index (χ3n) is 6.46. The van der Waals surface area contributed by atoms with Crippen LogP contribution in [0.4, 0.5) is 0 Å². The van der Waals surface area contributed by atoms with Gasteiger partial charge in [0.1, 0.15) is 0 Å². The minimum Gasteiger partial charge on any atom is -0.355 e. The molecule has 2 unspecified atom stereocenters. The number of nitrogens with zero attached hydrogens (tertiary/aromatic N) is 1. The van der Waals surface area contributed by atoms with Crippen LogP contribution >= 0.6 is 0 Å². The number of piperidine rings is 1. The van der Waals surface area contributed by atoms with E-state index in [-0.39, 0.29) is 23.1 Å². The maximum Gasteiger partial charge on any atom is 0.227 e. The first kappa shape index (κ1) is 16.6. The van der Waals surface area contributed by atoms with E-state index in [1.165, 1.54) is 17.5 Å². The molecule has 134 valence electrons. The molecule has 2 heterocycles. The van der Waals surface area contributed by atoms with Crippen molar-refractivity contribution in [1.29, 1.82) is 0 Å². The molecule has 2 aliphatic heterocycles. The molecular formula is C21H28N2O2. The van der Waals surface area contributed by atoms with E-state index in [1.54, 1.807) is 0 Å². The maximum atomic E-state index is 12.9. The molecule has 0 bridgehead atoms. The molecule has 1 N–H and O–H groups in total. The van der Waals surface area contributed by atoms with Crippen LogP contribution in [0.15, 0.2) is 24.3 Å². The molecule has 3 atom stereocenters. The van der Waals surface area contributed by atoms with Gasteiger partial charge in [-0.2, -0.15) is 0 Å². The number of hydrogen-bond acceptors (Lipinski definition) is 2. The van der Waals surface area contributed by atoms with Crippen molar-refractivity contribution in [1.82, 2.24) is 10.2 Å². The monoisotopic (exact) mass is 340 g/mol. The third-order valence-corrected chi connectivity index (χ3v) is 6.46. The largest absolute Gasteiger partial charge is 0.355 e. The number of carbonyl (C=O) groups is 2. The van der Waals surface area contributed by atoms with Gasteiger partial charge >= 0.3 is 0 Å². The van der Waals surface area contributed by atoms with Gasteiger partial charge in [0.2, 0.25) is 11.8 Å². The Labute approximate surface area is 150 Å². The molecule has 0 aromatic heterocycles. The predicted octanol–water partition coefficient (Wildman–Crippen LogP) is 2.83. The second-order valence-electron chi connectivity index (χ2n) is 8.45. The summed E-state index contributed by atoms with van der Waals surface area (Å²) in [6.45, 7) is 6.68. The summed E-state index contributed by atoms with van der Waals surface area (Å²) in [6.07, 6.45) is 3.41. The van der Waals surface area contributed by atoms with Crippen molar-refractivity contribution in [3.05, 3.63) is 35.4 Å². The fourth-order valence-corrected chi connectivity index (χ4v) is 4.70. The highest BCUT2D eigenvalue weighted by Gasteiger charge is 2.61. The van der Waals surface area contributed by atoms with Crippen molar-refractivity contribution in [3.63, 3.8) is 0 Å². The SMILES string of the molecule is CC(C)c1ccc(C23CC2CN(C(=O)[C@@H]2CCCC(=O)NC2)C3)cc1. The van der Waals surface area contributed by atoms with Gasteiger partial charge in [-0.1, -0.05) is 38.1 Å². The van der Waals surface area contributed by atoms with E-state index in [2.05, 4.69) is 48.3 Å². The standard InChI is InChI=1S/C21H28N2O2/c1-14(2)15-6-8-17(9-7-15)21-10-18(21)12-23(13-21)20(25)16-4-3-5-19(24)22-11-16/h6-9,14,16,18H,3-5,10-13H2,1-2H3,(H,22,24)/t16-,18?,21?/m1/s1. The van der Waals surface area contributed by atoms with Crippen LogP contribution in [0.2, 0.25) is 0 Å². The van der Waals surface area contributed by atoms with Gasteiger partial charge in [-0.25, -0.2) is 0 Å². The Morgan fingerprint density at radius 2 is 2.04 bits per heavy atom.